The Labute approximate surface area is 230 Å². The van der Waals surface area contributed by atoms with Crippen molar-refractivity contribution >= 4 is 18.0 Å². The summed E-state index contributed by atoms with van der Waals surface area (Å²) in [7, 11) is 3.40. The van der Waals surface area contributed by atoms with Crippen LogP contribution in [-0.2, 0) is 35.5 Å². The number of esters is 1. The normalized spacial score (nSPS) is 13.1. The third-order valence-electron chi connectivity index (χ3n) is 6.93. The summed E-state index contributed by atoms with van der Waals surface area (Å²) in [4.78, 5) is 44.0. The molecular formula is C31H36N4O4. The second-order valence-electron chi connectivity index (χ2n) is 9.85. The summed E-state index contributed by atoms with van der Waals surface area (Å²) in [5.74, 6) is -0.498. The molecule has 0 bridgehead atoms. The monoisotopic (exact) mass is 528 g/mol. The van der Waals surface area contributed by atoms with Gasteiger partial charge in [0.2, 0.25) is 0 Å². The molecule has 1 N–H and O–H groups in total. The molecule has 39 heavy (non-hydrogen) atoms. The average Bonchev–Trinajstić information content (AvgIpc) is 2.98. The van der Waals surface area contributed by atoms with Crippen LogP contribution in [0.25, 0.3) is 0 Å². The molecule has 1 aliphatic heterocycles. The fraction of sp³-hybridized carbons (Fsp3) is 0.323. The van der Waals surface area contributed by atoms with Crippen LogP contribution < -0.4 is 5.32 Å². The molecule has 0 unspecified atom stereocenters. The number of carbonyl (C=O) groups excluding carboxylic acids is 3. The van der Waals surface area contributed by atoms with Crippen molar-refractivity contribution in [2.45, 2.75) is 32.0 Å². The average molecular weight is 529 g/mol. The van der Waals surface area contributed by atoms with Crippen LogP contribution in [0.1, 0.15) is 22.3 Å². The van der Waals surface area contributed by atoms with Crippen molar-refractivity contribution in [3.05, 3.63) is 107 Å². The summed E-state index contributed by atoms with van der Waals surface area (Å²) in [6.45, 7) is 2.06. The zero-order chi connectivity index (χ0) is 27.6. The van der Waals surface area contributed by atoms with Gasteiger partial charge in [-0.15, -0.1) is 0 Å². The third kappa shape index (κ3) is 7.83. The molecule has 3 aromatic rings. The number of likely N-dealkylation sites (N-methyl/N-ethyl adjacent to an activating group) is 2. The van der Waals surface area contributed by atoms with E-state index in [1.54, 1.807) is 19.0 Å². The minimum Gasteiger partial charge on any atom is -0.459 e. The molecule has 8 nitrogen and oxygen atoms in total. The van der Waals surface area contributed by atoms with Crippen molar-refractivity contribution in [3.63, 3.8) is 0 Å². The first kappa shape index (κ1) is 27.7. The van der Waals surface area contributed by atoms with Crippen LogP contribution in [0, 0.1) is 0 Å². The second kappa shape index (κ2) is 13.5. The van der Waals surface area contributed by atoms with Crippen molar-refractivity contribution in [3.8, 4) is 0 Å². The number of amides is 4. The smallest absolute Gasteiger partial charge is 0.329 e. The first-order chi connectivity index (χ1) is 18.9. The van der Waals surface area contributed by atoms with Crippen molar-refractivity contribution < 1.29 is 19.1 Å². The minimum absolute atomic E-state index is 0.0650. The van der Waals surface area contributed by atoms with E-state index >= 15 is 0 Å². The highest BCUT2D eigenvalue weighted by Crippen LogP contribution is 2.19. The lowest BCUT2D eigenvalue weighted by atomic mass is 10.0. The van der Waals surface area contributed by atoms with Gasteiger partial charge < -0.3 is 24.8 Å². The van der Waals surface area contributed by atoms with Gasteiger partial charge in [-0.05, 0) is 28.7 Å². The van der Waals surface area contributed by atoms with Gasteiger partial charge in [0, 0.05) is 46.7 Å². The molecular weight excluding hydrogens is 492 g/mol. The zero-order valence-electron chi connectivity index (χ0n) is 22.6. The van der Waals surface area contributed by atoms with E-state index in [-0.39, 0.29) is 12.6 Å². The number of carbonyl (C=O) groups is 3. The van der Waals surface area contributed by atoms with Crippen LogP contribution in [0.2, 0.25) is 0 Å². The summed E-state index contributed by atoms with van der Waals surface area (Å²) < 4.78 is 5.53. The molecule has 8 heteroatoms. The maximum atomic E-state index is 13.0. The molecule has 204 valence electrons. The van der Waals surface area contributed by atoms with E-state index in [9.17, 15) is 14.4 Å². The molecule has 1 atom stereocenters. The van der Waals surface area contributed by atoms with Gasteiger partial charge in [0.25, 0.3) is 0 Å². The Kier molecular flexibility index (Phi) is 9.56. The largest absolute Gasteiger partial charge is 0.459 e. The quantitative estimate of drug-likeness (QED) is 0.424. The molecule has 3 aromatic carbocycles. The van der Waals surface area contributed by atoms with Gasteiger partial charge >= 0.3 is 18.0 Å². The predicted octanol–water partition coefficient (Wildman–Crippen LogP) is 4.09. The van der Waals surface area contributed by atoms with E-state index in [4.69, 9.17) is 4.74 Å². The van der Waals surface area contributed by atoms with E-state index in [0.29, 0.717) is 32.6 Å². The lowest BCUT2D eigenvalue weighted by Crippen LogP contribution is -2.50. The highest BCUT2D eigenvalue weighted by molar-refractivity contribution is 5.84. The number of fused-ring (bicyclic) bond motifs is 1. The zero-order valence-corrected chi connectivity index (χ0v) is 22.6. The van der Waals surface area contributed by atoms with Crippen molar-refractivity contribution in [1.82, 2.24) is 20.0 Å². The minimum atomic E-state index is -0.848. The van der Waals surface area contributed by atoms with Gasteiger partial charge in [0.15, 0.2) is 0 Å². The lowest BCUT2D eigenvalue weighted by molar-refractivity contribution is -0.147. The summed E-state index contributed by atoms with van der Waals surface area (Å²) in [5.41, 5.74) is 4.24. The number of nitrogens with zero attached hydrogens (tertiary/aromatic N) is 3. The Balaban J connectivity index is 1.30. The molecule has 4 rings (SSSR count). The Bertz CT molecular complexity index is 1250. The third-order valence-corrected chi connectivity index (χ3v) is 6.93. The predicted molar refractivity (Wildman–Crippen MR) is 150 cm³/mol. The number of hydrogen-bond donors (Lipinski definition) is 1. The van der Waals surface area contributed by atoms with Crippen LogP contribution in [0.5, 0.6) is 0 Å². The number of benzene rings is 3. The number of rotatable bonds is 9. The molecule has 1 heterocycles. The van der Waals surface area contributed by atoms with Crippen molar-refractivity contribution in [1.29, 1.82) is 0 Å². The van der Waals surface area contributed by atoms with Gasteiger partial charge in [-0.3, -0.25) is 0 Å². The highest BCUT2D eigenvalue weighted by atomic mass is 16.5. The maximum absolute atomic E-state index is 13.0. The van der Waals surface area contributed by atoms with E-state index in [1.807, 2.05) is 77.7 Å². The van der Waals surface area contributed by atoms with Gasteiger partial charge in [-0.1, -0.05) is 84.9 Å². The summed E-state index contributed by atoms with van der Waals surface area (Å²) in [6.07, 6.45) is 1.14. The lowest BCUT2D eigenvalue weighted by Gasteiger charge is -2.33. The molecule has 0 radical (unpaired) electrons. The first-order valence-electron chi connectivity index (χ1n) is 13.2. The molecule has 0 saturated carbocycles. The van der Waals surface area contributed by atoms with Crippen LogP contribution in [0.15, 0.2) is 84.9 Å². The summed E-state index contributed by atoms with van der Waals surface area (Å²) in [5, 5.41) is 2.83. The van der Waals surface area contributed by atoms with E-state index < -0.39 is 18.0 Å². The summed E-state index contributed by atoms with van der Waals surface area (Å²) >= 11 is 0. The van der Waals surface area contributed by atoms with Gasteiger partial charge in [0.1, 0.15) is 12.6 Å². The number of hydrogen-bond acceptors (Lipinski definition) is 4. The SMILES string of the molecule is CN(CCN(C)C(=O)N1CCc2ccccc2C1)C(=O)N[C@@H](Cc1ccccc1)C(=O)OCc1ccccc1. The van der Waals surface area contributed by atoms with E-state index in [2.05, 4.69) is 17.4 Å². The van der Waals surface area contributed by atoms with Gasteiger partial charge in [0.05, 0.1) is 0 Å². The Hall–Kier alpha value is -4.33. The first-order valence-corrected chi connectivity index (χ1v) is 13.2. The topological polar surface area (TPSA) is 82.2 Å². The Morgan fingerprint density at radius 3 is 2.10 bits per heavy atom. The van der Waals surface area contributed by atoms with Gasteiger partial charge in [-0.2, -0.15) is 0 Å². The molecule has 0 aromatic heterocycles. The van der Waals surface area contributed by atoms with Crippen LogP contribution >= 0.6 is 0 Å². The molecule has 0 fully saturated rings. The maximum Gasteiger partial charge on any atom is 0.329 e. The van der Waals surface area contributed by atoms with Gasteiger partial charge in [-0.25, -0.2) is 14.4 Å². The number of ether oxygens (including phenoxy) is 1. The van der Waals surface area contributed by atoms with E-state index in [0.717, 1.165) is 17.5 Å². The molecule has 4 amide bonds. The molecule has 0 aliphatic carbocycles. The number of urea groups is 2. The standard InChI is InChI=1S/C31H36N4O4/c1-33(19-20-34(2)31(38)35-18-17-26-15-9-10-16-27(26)22-35)30(37)32-28(21-24-11-5-3-6-12-24)29(36)39-23-25-13-7-4-8-14-25/h3-16,28H,17-23H2,1-2H3,(H,32,37)/t28-/m0/s1. The second-order valence-corrected chi connectivity index (χ2v) is 9.85. The molecule has 1 aliphatic rings. The van der Waals surface area contributed by atoms with Crippen LogP contribution in [0.4, 0.5) is 9.59 Å². The fourth-order valence-corrected chi connectivity index (χ4v) is 4.53. The Morgan fingerprint density at radius 1 is 0.821 bits per heavy atom. The van der Waals surface area contributed by atoms with E-state index in [1.165, 1.54) is 16.0 Å². The number of nitrogens with one attached hydrogen (secondary N) is 1. The molecule has 0 spiro atoms. The highest BCUT2D eigenvalue weighted by Gasteiger charge is 2.26. The van der Waals surface area contributed by atoms with Crippen molar-refractivity contribution in [2.75, 3.05) is 33.7 Å². The summed E-state index contributed by atoms with van der Waals surface area (Å²) in [6, 6.07) is 25.8. The van der Waals surface area contributed by atoms with Crippen LogP contribution in [-0.4, -0.2) is 72.5 Å². The van der Waals surface area contributed by atoms with Crippen molar-refractivity contribution in [2.24, 2.45) is 0 Å². The fourth-order valence-electron chi connectivity index (χ4n) is 4.53. The van der Waals surface area contributed by atoms with Crippen LogP contribution in [0.3, 0.4) is 0 Å². The Morgan fingerprint density at radius 2 is 1.41 bits per heavy atom. The molecule has 0 saturated heterocycles.